The van der Waals surface area contributed by atoms with Crippen LogP contribution in [0.5, 0.6) is 0 Å². The van der Waals surface area contributed by atoms with Crippen LogP contribution in [-0.4, -0.2) is 36.6 Å². The summed E-state index contributed by atoms with van der Waals surface area (Å²) in [4.78, 5) is 19.5. The highest BCUT2D eigenvalue weighted by Gasteiger charge is 2.33. The molecule has 2 heterocycles. The van der Waals surface area contributed by atoms with E-state index in [9.17, 15) is 4.79 Å². The quantitative estimate of drug-likeness (QED) is 0.246. The standard InChI is InChI=1S/C33H36N6O/c1-24-12-11-17-27-22-29(33(40)34-30(24)27)31(32-35-36-37-39(32)28-18-9-4-10-19-28)38(23-26-15-7-3-8-16-26)21-20-25-13-5-2-6-14-25/h2-3,5-8,11-17,22,28,31H,4,9-10,18-21,23H2,1H3,(H,34,40)/t31-/m0/s1. The topological polar surface area (TPSA) is 79.7 Å². The molecule has 40 heavy (non-hydrogen) atoms. The van der Waals surface area contributed by atoms with Gasteiger partial charge in [0.15, 0.2) is 5.82 Å². The van der Waals surface area contributed by atoms with E-state index in [0.717, 1.165) is 48.1 Å². The minimum atomic E-state index is -0.408. The van der Waals surface area contributed by atoms with E-state index >= 15 is 0 Å². The number of aromatic amines is 1. The van der Waals surface area contributed by atoms with Crippen LogP contribution in [0.1, 0.15) is 72.3 Å². The lowest BCUT2D eigenvalue weighted by atomic mass is 9.94. The predicted octanol–water partition coefficient (Wildman–Crippen LogP) is 6.16. The summed E-state index contributed by atoms with van der Waals surface area (Å²) in [6.07, 6.45) is 6.55. The lowest BCUT2D eigenvalue weighted by molar-refractivity contribution is 0.197. The molecule has 0 bridgehead atoms. The van der Waals surface area contributed by atoms with E-state index in [-0.39, 0.29) is 11.6 Å². The highest BCUT2D eigenvalue weighted by molar-refractivity contribution is 5.82. The Hall–Kier alpha value is -4.10. The molecule has 1 aliphatic rings. The third kappa shape index (κ3) is 5.61. The van der Waals surface area contributed by atoms with Gasteiger partial charge in [-0.1, -0.05) is 98.1 Å². The smallest absolute Gasteiger partial charge is 0.253 e. The van der Waals surface area contributed by atoms with Crippen LogP contribution in [-0.2, 0) is 13.0 Å². The molecular formula is C33H36N6O. The van der Waals surface area contributed by atoms with E-state index in [4.69, 9.17) is 0 Å². The summed E-state index contributed by atoms with van der Waals surface area (Å²) < 4.78 is 2.02. The van der Waals surface area contributed by atoms with Crippen molar-refractivity contribution in [3.63, 3.8) is 0 Å². The molecule has 204 valence electrons. The van der Waals surface area contributed by atoms with Crippen molar-refractivity contribution in [2.24, 2.45) is 0 Å². The lowest BCUT2D eigenvalue weighted by Gasteiger charge is -2.33. The number of para-hydroxylation sites is 1. The number of H-pyrrole nitrogens is 1. The minimum absolute atomic E-state index is 0.0947. The van der Waals surface area contributed by atoms with E-state index in [1.807, 2.05) is 41.9 Å². The summed E-state index contributed by atoms with van der Waals surface area (Å²) in [7, 11) is 0. The zero-order valence-corrected chi connectivity index (χ0v) is 23.0. The van der Waals surface area contributed by atoms with Gasteiger partial charge in [-0.3, -0.25) is 9.69 Å². The molecule has 1 atom stereocenters. The van der Waals surface area contributed by atoms with Crippen molar-refractivity contribution in [1.29, 1.82) is 0 Å². The number of benzene rings is 3. The summed E-state index contributed by atoms with van der Waals surface area (Å²) in [5.41, 5.74) is 4.95. The fraction of sp³-hybridized carbons (Fsp3) is 0.333. The van der Waals surface area contributed by atoms with E-state index in [1.165, 1.54) is 30.4 Å². The van der Waals surface area contributed by atoms with Gasteiger partial charge in [-0.2, -0.15) is 0 Å². The number of pyridine rings is 1. The molecule has 5 aromatic rings. The van der Waals surface area contributed by atoms with Crippen molar-refractivity contribution >= 4 is 10.9 Å². The maximum atomic E-state index is 13.9. The first kappa shape index (κ1) is 26.1. The van der Waals surface area contributed by atoms with Crippen LogP contribution in [0.4, 0.5) is 0 Å². The molecule has 1 N–H and O–H groups in total. The molecule has 2 aromatic heterocycles. The number of rotatable bonds is 9. The van der Waals surface area contributed by atoms with Crippen molar-refractivity contribution in [3.05, 3.63) is 123 Å². The molecule has 0 radical (unpaired) electrons. The zero-order chi connectivity index (χ0) is 27.3. The Labute approximate surface area is 234 Å². The average Bonchev–Trinajstić information content (AvgIpc) is 3.48. The Kier molecular flexibility index (Phi) is 7.82. The van der Waals surface area contributed by atoms with Crippen LogP contribution < -0.4 is 5.56 Å². The number of aryl methyl sites for hydroxylation is 1. The molecule has 0 saturated heterocycles. The Morgan fingerprint density at radius 1 is 0.925 bits per heavy atom. The lowest BCUT2D eigenvalue weighted by Crippen LogP contribution is -2.37. The molecule has 7 nitrogen and oxygen atoms in total. The fourth-order valence-corrected chi connectivity index (χ4v) is 6.10. The first-order valence-corrected chi connectivity index (χ1v) is 14.4. The maximum Gasteiger partial charge on any atom is 0.253 e. The molecule has 3 aromatic carbocycles. The van der Waals surface area contributed by atoms with Gasteiger partial charge < -0.3 is 4.98 Å². The second-order valence-corrected chi connectivity index (χ2v) is 11.0. The highest BCUT2D eigenvalue weighted by Crippen LogP contribution is 2.34. The van der Waals surface area contributed by atoms with Gasteiger partial charge in [-0.05, 0) is 64.8 Å². The summed E-state index contributed by atoms with van der Waals surface area (Å²) in [5, 5.41) is 14.3. The van der Waals surface area contributed by atoms with Gasteiger partial charge in [-0.25, -0.2) is 4.68 Å². The van der Waals surface area contributed by atoms with Gasteiger partial charge in [0.25, 0.3) is 5.56 Å². The van der Waals surface area contributed by atoms with E-state index in [2.05, 4.69) is 80.0 Å². The van der Waals surface area contributed by atoms with Crippen LogP contribution in [0.3, 0.4) is 0 Å². The molecular weight excluding hydrogens is 496 g/mol. The third-order valence-electron chi connectivity index (χ3n) is 8.22. The summed E-state index contributed by atoms with van der Waals surface area (Å²) in [5.74, 6) is 0.744. The predicted molar refractivity (Wildman–Crippen MR) is 158 cm³/mol. The summed E-state index contributed by atoms with van der Waals surface area (Å²) >= 11 is 0. The number of nitrogens with zero attached hydrogens (tertiary/aromatic N) is 5. The molecule has 6 rings (SSSR count). The molecule has 0 aliphatic heterocycles. The number of tetrazole rings is 1. The zero-order valence-electron chi connectivity index (χ0n) is 23.0. The summed E-state index contributed by atoms with van der Waals surface area (Å²) in [6, 6.07) is 29.0. The molecule has 0 spiro atoms. The Bertz CT molecular complexity index is 1600. The first-order valence-electron chi connectivity index (χ1n) is 14.4. The molecule has 0 amide bonds. The van der Waals surface area contributed by atoms with Gasteiger partial charge in [-0.15, -0.1) is 5.10 Å². The van der Waals surface area contributed by atoms with Gasteiger partial charge in [0.1, 0.15) is 6.04 Å². The highest BCUT2D eigenvalue weighted by atomic mass is 16.1. The molecule has 7 heteroatoms. The molecule has 1 fully saturated rings. The van der Waals surface area contributed by atoms with Crippen LogP contribution >= 0.6 is 0 Å². The Morgan fingerprint density at radius 2 is 1.65 bits per heavy atom. The molecule has 1 saturated carbocycles. The van der Waals surface area contributed by atoms with Crippen molar-refractivity contribution in [2.75, 3.05) is 6.54 Å². The van der Waals surface area contributed by atoms with Gasteiger partial charge >= 0.3 is 0 Å². The number of hydrogen-bond donors (Lipinski definition) is 1. The average molecular weight is 533 g/mol. The van der Waals surface area contributed by atoms with E-state index in [1.54, 1.807) is 0 Å². The van der Waals surface area contributed by atoms with E-state index in [0.29, 0.717) is 12.1 Å². The monoisotopic (exact) mass is 532 g/mol. The SMILES string of the molecule is Cc1cccc2cc([C@@H](c3nnnn3C3CCCCC3)N(CCc3ccccc3)Cc3ccccc3)c(=O)[nH]c12. The largest absolute Gasteiger partial charge is 0.321 e. The van der Waals surface area contributed by atoms with Gasteiger partial charge in [0.05, 0.1) is 11.6 Å². The number of hydrogen-bond acceptors (Lipinski definition) is 5. The fourth-order valence-electron chi connectivity index (χ4n) is 6.10. The van der Waals surface area contributed by atoms with Gasteiger partial charge in [0, 0.05) is 18.7 Å². The molecule has 1 aliphatic carbocycles. The van der Waals surface area contributed by atoms with Crippen molar-refractivity contribution < 1.29 is 0 Å². The number of nitrogens with one attached hydrogen (secondary N) is 1. The Morgan fingerprint density at radius 3 is 2.40 bits per heavy atom. The minimum Gasteiger partial charge on any atom is -0.321 e. The second-order valence-electron chi connectivity index (χ2n) is 11.0. The van der Waals surface area contributed by atoms with E-state index < -0.39 is 6.04 Å². The Balaban J connectivity index is 1.49. The first-order chi connectivity index (χ1) is 19.7. The maximum absolute atomic E-state index is 13.9. The number of aromatic nitrogens is 5. The van der Waals surface area contributed by atoms with Crippen molar-refractivity contribution in [3.8, 4) is 0 Å². The third-order valence-corrected chi connectivity index (χ3v) is 8.22. The van der Waals surface area contributed by atoms with Crippen LogP contribution in [0.15, 0.2) is 89.7 Å². The van der Waals surface area contributed by atoms with Crippen LogP contribution in [0, 0.1) is 6.92 Å². The van der Waals surface area contributed by atoms with Crippen LogP contribution in [0.2, 0.25) is 0 Å². The normalized spacial score (nSPS) is 15.1. The summed E-state index contributed by atoms with van der Waals surface area (Å²) in [6.45, 7) is 3.44. The van der Waals surface area contributed by atoms with Gasteiger partial charge in [0.2, 0.25) is 0 Å². The second kappa shape index (κ2) is 12.0. The van der Waals surface area contributed by atoms with Crippen LogP contribution in [0.25, 0.3) is 10.9 Å². The van der Waals surface area contributed by atoms with Crippen molar-refractivity contribution in [1.82, 2.24) is 30.1 Å². The molecule has 0 unspecified atom stereocenters. The number of fused-ring (bicyclic) bond motifs is 1. The van der Waals surface area contributed by atoms with Crippen molar-refractivity contribution in [2.45, 2.75) is 64.1 Å².